The summed E-state index contributed by atoms with van der Waals surface area (Å²) >= 11 is 0.969. The maximum Gasteiger partial charge on any atom is 0.354 e. The summed E-state index contributed by atoms with van der Waals surface area (Å²) < 4.78 is 48.1. The first-order valence-corrected chi connectivity index (χ1v) is 19.0. The van der Waals surface area contributed by atoms with Gasteiger partial charge in [0.05, 0.1) is 23.8 Å². The monoisotopic (exact) mass is 775 g/mol. The Bertz CT molecular complexity index is 2050. The highest BCUT2D eigenvalue weighted by Gasteiger charge is 2.57. The molecule has 19 nitrogen and oxygen atoms in total. The fourth-order valence-electron chi connectivity index (χ4n) is 6.35. The molecule has 3 atom stereocenters. The topological polar surface area (TPSA) is 270 Å². The van der Waals surface area contributed by atoms with Gasteiger partial charge in [-0.3, -0.25) is 9.59 Å². The van der Waals surface area contributed by atoms with Gasteiger partial charge in [-0.15, -0.1) is 16.0 Å². The van der Waals surface area contributed by atoms with Crippen molar-refractivity contribution in [1.29, 1.82) is 0 Å². The van der Waals surface area contributed by atoms with Crippen LogP contribution >= 0.6 is 11.3 Å². The van der Waals surface area contributed by atoms with Crippen LogP contribution in [0.2, 0.25) is 0 Å². The van der Waals surface area contributed by atoms with Gasteiger partial charge >= 0.3 is 5.97 Å². The van der Waals surface area contributed by atoms with Crippen LogP contribution in [0.4, 0.5) is 5.13 Å². The number of β-lactam (4-membered cyclic amide) rings is 1. The van der Waals surface area contributed by atoms with E-state index in [-0.39, 0.29) is 17.2 Å². The Hall–Kier alpha value is -4.67. The molecule has 53 heavy (non-hydrogen) atoms. The lowest BCUT2D eigenvalue weighted by atomic mass is 9.84. The van der Waals surface area contributed by atoms with Gasteiger partial charge in [0.2, 0.25) is 16.6 Å². The molecule has 2 saturated heterocycles. The van der Waals surface area contributed by atoms with Crippen LogP contribution in [0.1, 0.15) is 44.9 Å². The van der Waals surface area contributed by atoms with Crippen molar-refractivity contribution >= 4 is 50.4 Å². The molecule has 0 spiro atoms. The number of benzene rings is 1. The molecule has 3 aromatic rings. The molecule has 21 heteroatoms. The van der Waals surface area contributed by atoms with E-state index in [2.05, 4.69) is 46.8 Å². The molecule has 0 radical (unpaired) electrons. The van der Waals surface area contributed by atoms with Gasteiger partial charge < -0.3 is 41.3 Å². The third-order valence-corrected chi connectivity index (χ3v) is 10.6. The number of aliphatic carboxylic acids is 1. The number of carboxylic acids is 1. The Labute approximate surface area is 308 Å². The minimum Gasteiger partial charge on any atom is -0.724 e. The standard InChI is InChI=1S/C32H41N9O10S2/c1-31(2)26(28(43)41(31)51-53(46,47)48)37-27(42)25(22-17-52-30(34)36-22)38-50-32(3,29(44)45)24-8-6-20-11-19(5-7-23(20)49-24)21-15-39(10-4-9-33)40(16-21)14-18-12-35-13-18/h5,7,11,15-18,24,26,35H,4,6,8-10,12-14,33H2,1-3H3,(H4-,34,36,37,42,44,45,46,47,48)/b38-25-/t24-,26-,32+/m1/s1. The van der Waals surface area contributed by atoms with E-state index < -0.39 is 57.2 Å². The summed E-state index contributed by atoms with van der Waals surface area (Å²) in [5.74, 6) is -2.43. The van der Waals surface area contributed by atoms with E-state index in [0.717, 1.165) is 60.6 Å². The lowest BCUT2D eigenvalue weighted by molar-refractivity contribution is -0.781. The van der Waals surface area contributed by atoms with Crippen LogP contribution in [0.5, 0.6) is 5.75 Å². The number of rotatable bonds is 15. The summed E-state index contributed by atoms with van der Waals surface area (Å²) in [6.07, 6.45) is 4.72. The second-order valence-corrected chi connectivity index (χ2v) is 15.7. The van der Waals surface area contributed by atoms with Crippen LogP contribution in [0.15, 0.2) is 41.1 Å². The van der Waals surface area contributed by atoms with Gasteiger partial charge in [-0.1, -0.05) is 11.2 Å². The molecule has 6 rings (SSSR count). The van der Waals surface area contributed by atoms with Crippen LogP contribution < -0.4 is 31.5 Å². The molecule has 2 aromatic heterocycles. The van der Waals surface area contributed by atoms with Crippen molar-refractivity contribution in [2.75, 3.05) is 25.4 Å². The number of hydrogen-bond donors (Lipinski definition) is 5. The lowest BCUT2D eigenvalue weighted by Gasteiger charge is -2.51. The van der Waals surface area contributed by atoms with Crippen molar-refractivity contribution in [2.24, 2.45) is 16.8 Å². The third kappa shape index (κ3) is 7.85. The van der Waals surface area contributed by atoms with Crippen molar-refractivity contribution in [3.8, 4) is 16.9 Å². The predicted molar refractivity (Wildman–Crippen MR) is 187 cm³/mol. The van der Waals surface area contributed by atoms with Crippen molar-refractivity contribution in [3.63, 3.8) is 0 Å². The number of carboxylic acid groups (broad SMARTS) is 1. The largest absolute Gasteiger partial charge is 0.724 e. The first kappa shape index (κ1) is 38.1. The molecule has 1 aromatic carbocycles. The van der Waals surface area contributed by atoms with E-state index in [1.54, 1.807) is 6.07 Å². The molecule has 0 unspecified atom stereocenters. The number of hydroxylamine groups is 2. The molecule has 2 fully saturated rings. The number of nitrogens with two attached hydrogens (primary N) is 2. The summed E-state index contributed by atoms with van der Waals surface area (Å²) in [5.41, 5.74) is 10.3. The Kier molecular flexibility index (Phi) is 10.5. The van der Waals surface area contributed by atoms with Gasteiger partial charge in [0.1, 0.15) is 17.5 Å². The predicted octanol–water partition coefficient (Wildman–Crippen LogP) is -0.495. The Morgan fingerprint density at radius 3 is 2.68 bits per heavy atom. The zero-order chi connectivity index (χ0) is 38.3. The molecular formula is C32H41N9O10S2. The number of nitrogen functional groups attached to an aromatic ring is 1. The van der Waals surface area contributed by atoms with E-state index in [0.29, 0.717) is 29.7 Å². The molecule has 0 saturated carbocycles. The number of anilines is 1. The van der Waals surface area contributed by atoms with E-state index in [1.165, 1.54) is 26.2 Å². The highest BCUT2D eigenvalue weighted by Crippen LogP contribution is 2.37. The number of nitrogens with one attached hydrogen (secondary N) is 2. The smallest absolute Gasteiger partial charge is 0.354 e. The number of aromatic nitrogens is 3. The molecular weight excluding hydrogens is 735 g/mol. The number of fused-ring (bicyclic) bond motifs is 1. The summed E-state index contributed by atoms with van der Waals surface area (Å²) in [4.78, 5) is 48.6. The van der Waals surface area contributed by atoms with Crippen molar-refractivity contribution in [1.82, 2.24) is 25.4 Å². The van der Waals surface area contributed by atoms with Gasteiger partial charge in [-0.2, -0.15) is 14.0 Å². The van der Waals surface area contributed by atoms with E-state index in [4.69, 9.17) is 21.0 Å². The average molecular weight is 776 g/mol. The lowest BCUT2D eigenvalue weighted by Crippen LogP contribution is -2.76. The molecule has 2 amide bonds. The molecule has 3 aliphatic rings. The van der Waals surface area contributed by atoms with Gasteiger partial charge in [0.15, 0.2) is 23.5 Å². The van der Waals surface area contributed by atoms with Gasteiger partial charge in [0, 0.05) is 24.4 Å². The van der Waals surface area contributed by atoms with Crippen LogP contribution in [0.25, 0.3) is 11.1 Å². The van der Waals surface area contributed by atoms with Gasteiger partial charge in [-0.05, 0) is 69.8 Å². The van der Waals surface area contributed by atoms with Gasteiger partial charge in [0.25, 0.3) is 17.4 Å². The first-order valence-electron chi connectivity index (χ1n) is 16.8. The first-order chi connectivity index (χ1) is 25.0. The number of oxime groups is 1. The summed E-state index contributed by atoms with van der Waals surface area (Å²) in [7, 11) is -5.28. The number of aryl methyl sites for hydroxylation is 2. The molecule has 7 N–H and O–H groups in total. The normalized spacial score (nSPS) is 21.1. The van der Waals surface area contributed by atoms with Crippen LogP contribution in [-0.4, -0.2) is 99.2 Å². The molecule has 5 heterocycles. The van der Waals surface area contributed by atoms with Crippen LogP contribution in [0.3, 0.4) is 0 Å². The second-order valence-electron chi connectivity index (χ2n) is 13.8. The molecule has 3 aliphatic heterocycles. The number of hydrogen-bond acceptors (Lipinski definition) is 15. The van der Waals surface area contributed by atoms with Gasteiger partial charge in [-0.25, -0.2) is 18.2 Å². The molecule has 0 bridgehead atoms. The summed E-state index contributed by atoms with van der Waals surface area (Å²) in [5, 5.41) is 21.8. The van der Waals surface area contributed by atoms with E-state index in [9.17, 15) is 32.5 Å². The number of thiazole rings is 1. The number of amides is 2. The zero-order valence-electron chi connectivity index (χ0n) is 29.2. The molecule has 0 aliphatic carbocycles. The number of carbonyl (C=O) groups is 3. The summed E-state index contributed by atoms with van der Waals surface area (Å²) in [6, 6.07) is 4.37. The van der Waals surface area contributed by atoms with Crippen LogP contribution in [0, 0.1) is 5.92 Å². The third-order valence-electron chi connectivity index (χ3n) is 9.61. The number of nitrogens with zero attached hydrogens (tertiary/aromatic N) is 5. The maximum atomic E-state index is 13.5. The maximum absolute atomic E-state index is 13.5. The number of carbonyl (C=O) groups excluding carboxylic acids is 2. The van der Waals surface area contributed by atoms with Crippen LogP contribution in [-0.2, 0) is 53.4 Å². The Balaban J connectivity index is 1.20. The molecule has 286 valence electrons. The zero-order valence-corrected chi connectivity index (χ0v) is 30.8. The van der Waals surface area contributed by atoms with Crippen molar-refractivity contribution in [2.45, 2.75) is 76.4 Å². The highest BCUT2D eigenvalue weighted by molar-refractivity contribution is 7.80. The SMILES string of the molecule is CC1(C)[C@H](NC(=O)/C(=N\O[C@](C)(C(=O)O)[C@H]2CCc3cc(-c4cn(CCCN)[n+](CC5CNC5)c4)ccc3O2)c2csc(N)n2)C(=O)N1OS(=O)(=O)[O-]. The quantitative estimate of drug-likeness (QED) is 0.0326. The fourth-order valence-corrected chi connectivity index (χ4v) is 7.34. The summed E-state index contributed by atoms with van der Waals surface area (Å²) in [6.45, 7) is 8.21. The van der Waals surface area contributed by atoms with E-state index in [1.807, 2.05) is 12.1 Å². The minimum atomic E-state index is -5.28. The highest BCUT2D eigenvalue weighted by atomic mass is 32.3. The Morgan fingerprint density at radius 2 is 2.08 bits per heavy atom. The number of ether oxygens (including phenoxy) is 1. The fraction of sp³-hybridized carbons (Fsp3) is 0.500. The van der Waals surface area contributed by atoms with Crippen molar-refractivity contribution < 1.29 is 51.0 Å². The second kappa shape index (κ2) is 14.6. The average Bonchev–Trinajstić information content (AvgIpc) is 3.71. The minimum absolute atomic E-state index is 0.0611. The van der Waals surface area contributed by atoms with E-state index >= 15 is 0 Å². The Morgan fingerprint density at radius 1 is 1.32 bits per heavy atom. The van der Waals surface area contributed by atoms with Crippen molar-refractivity contribution in [3.05, 3.63) is 47.2 Å².